The Balaban J connectivity index is 1.73. The molecule has 0 aromatic heterocycles. The van der Waals surface area contributed by atoms with Gasteiger partial charge in [0.05, 0.1) is 13.0 Å². The Morgan fingerprint density at radius 3 is 2.43 bits per heavy atom. The van der Waals surface area contributed by atoms with Gasteiger partial charge in [0.15, 0.2) is 0 Å². The summed E-state index contributed by atoms with van der Waals surface area (Å²) >= 11 is 0. The predicted octanol–water partition coefficient (Wildman–Crippen LogP) is 0.641. The molecule has 2 aliphatic rings. The van der Waals surface area contributed by atoms with Gasteiger partial charge in [-0.1, -0.05) is 19.1 Å². The first kappa shape index (κ1) is 19.7. The van der Waals surface area contributed by atoms with Crippen LogP contribution in [0.1, 0.15) is 19.4 Å². The molecule has 0 radical (unpaired) electrons. The molecule has 1 aromatic rings. The van der Waals surface area contributed by atoms with Crippen molar-refractivity contribution in [3.05, 3.63) is 29.8 Å². The van der Waals surface area contributed by atoms with Crippen LogP contribution in [0.15, 0.2) is 24.3 Å². The van der Waals surface area contributed by atoms with Crippen LogP contribution < -0.4 is 10.1 Å². The molecule has 0 saturated carbocycles. The van der Waals surface area contributed by atoms with Crippen LogP contribution in [0.4, 0.5) is 4.79 Å². The average Bonchev–Trinajstić information content (AvgIpc) is 3.16. The Bertz CT molecular complexity index is 823. The zero-order chi connectivity index (χ0) is 20.6. The molecular formula is C19H23N3O6. The van der Waals surface area contributed by atoms with E-state index in [1.54, 1.807) is 38.1 Å². The summed E-state index contributed by atoms with van der Waals surface area (Å²) in [7, 11) is 1.53. The largest absolute Gasteiger partial charge is 0.497 e. The number of amides is 4. The fraction of sp³-hybridized carbons (Fsp3) is 0.474. The summed E-state index contributed by atoms with van der Waals surface area (Å²) in [6, 6.07) is 6.08. The Morgan fingerprint density at radius 1 is 1.25 bits per heavy atom. The normalized spacial score (nSPS) is 27.1. The van der Waals surface area contributed by atoms with Crippen LogP contribution in [-0.4, -0.2) is 65.5 Å². The van der Waals surface area contributed by atoms with Crippen LogP contribution in [0.2, 0.25) is 0 Å². The Morgan fingerprint density at radius 2 is 1.89 bits per heavy atom. The van der Waals surface area contributed by atoms with E-state index in [9.17, 15) is 24.3 Å². The van der Waals surface area contributed by atoms with Gasteiger partial charge >= 0.3 is 12.0 Å². The molecule has 2 saturated heterocycles. The molecule has 3 atom stereocenters. The Hall–Kier alpha value is -3.10. The number of carboxylic acids is 1. The summed E-state index contributed by atoms with van der Waals surface area (Å²) in [5.74, 6) is -2.14. The molecule has 9 nitrogen and oxygen atoms in total. The Labute approximate surface area is 162 Å². The molecule has 28 heavy (non-hydrogen) atoms. The molecule has 9 heteroatoms. The minimum atomic E-state index is -1.29. The summed E-state index contributed by atoms with van der Waals surface area (Å²) in [6.45, 7) is 3.29. The van der Waals surface area contributed by atoms with Gasteiger partial charge < -0.3 is 20.1 Å². The number of carbonyl (C=O) groups excluding carboxylic acids is 3. The molecule has 4 amide bonds. The van der Waals surface area contributed by atoms with Crippen molar-refractivity contribution in [2.75, 3.05) is 26.7 Å². The highest BCUT2D eigenvalue weighted by Gasteiger charge is 2.50. The van der Waals surface area contributed by atoms with E-state index in [4.69, 9.17) is 4.74 Å². The molecule has 3 rings (SSSR count). The second kappa shape index (κ2) is 7.14. The molecule has 1 aromatic carbocycles. The highest BCUT2D eigenvalue weighted by molar-refractivity contribution is 6.09. The van der Waals surface area contributed by atoms with E-state index >= 15 is 0 Å². The van der Waals surface area contributed by atoms with Crippen LogP contribution in [0.5, 0.6) is 5.75 Å². The molecule has 0 aliphatic carbocycles. The number of hydrogen-bond acceptors (Lipinski definition) is 5. The maximum absolute atomic E-state index is 12.9. The summed E-state index contributed by atoms with van der Waals surface area (Å²) in [5, 5.41) is 11.9. The smallest absolute Gasteiger partial charge is 0.325 e. The number of urea groups is 1. The van der Waals surface area contributed by atoms with Crippen LogP contribution in [0, 0.1) is 11.8 Å². The maximum atomic E-state index is 12.9. The second-order valence-electron chi connectivity index (χ2n) is 7.40. The number of carboxylic acid groups (broad SMARTS) is 1. The van der Waals surface area contributed by atoms with Gasteiger partial charge in [-0.15, -0.1) is 0 Å². The Kier molecular flexibility index (Phi) is 5.01. The molecule has 1 unspecified atom stereocenters. The van der Waals surface area contributed by atoms with Crippen LogP contribution in [-0.2, 0) is 19.9 Å². The zero-order valence-electron chi connectivity index (χ0n) is 16.0. The number of aliphatic carboxylic acids is 1. The second-order valence-corrected chi connectivity index (χ2v) is 7.40. The van der Waals surface area contributed by atoms with Gasteiger partial charge in [0.25, 0.3) is 5.91 Å². The van der Waals surface area contributed by atoms with E-state index in [1.165, 1.54) is 12.0 Å². The molecule has 2 aliphatic heterocycles. The van der Waals surface area contributed by atoms with Gasteiger partial charge in [-0.3, -0.25) is 19.3 Å². The van der Waals surface area contributed by atoms with Gasteiger partial charge in [-0.25, -0.2) is 4.79 Å². The summed E-state index contributed by atoms with van der Waals surface area (Å²) < 4.78 is 5.10. The van der Waals surface area contributed by atoms with Gasteiger partial charge in [-0.2, -0.15) is 0 Å². The minimum absolute atomic E-state index is 0.0781. The minimum Gasteiger partial charge on any atom is -0.497 e. The summed E-state index contributed by atoms with van der Waals surface area (Å²) in [6.07, 6.45) is 0. The number of benzene rings is 1. The van der Waals surface area contributed by atoms with Gasteiger partial charge in [-0.05, 0) is 30.5 Å². The number of carbonyl (C=O) groups is 4. The molecule has 2 heterocycles. The quantitative estimate of drug-likeness (QED) is 0.714. The van der Waals surface area contributed by atoms with E-state index < -0.39 is 41.8 Å². The van der Waals surface area contributed by atoms with E-state index in [-0.39, 0.29) is 19.0 Å². The summed E-state index contributed by atoms with van der Waals surface area (Å²) in [4.78, 5) is 51.4. The SMILES string of the molecule is COc1ccc(C2(C)NC(=O)N(CC(=O)N3C[C@@H](C)[C@H](C(=O)O)C3)C2=O)cc1. The third kappa shape index (κ3) is 3.28. The third-order valence-corrected chi connectivity index (χ3v) is 5.52. The molecule has 150 valence electrons. The molecule has 2 fully saturated rings. The average molecular weight is 389 g/mol. The van der Waals surface area contributed by atoms with Crippen molar-refractivity contribution in [3.8, 4) is 5.75 Å². The third-order valence-electron chi connectivity index (χ3n) is 5.52. The first-order valence-electron chi connectivity index (χ1n) is 8.96. The fourth-order valence-electron chi connectivity index (χ4n) is 3.69. The highest BCUT2D eigenvalue weighted by atomic mass is 16.5. The molecular weight excluding hydrogens is 366 g/mol. The maximum Gasteiger partial charge on any atom is 0.325 e. The van der Waals surface area contributed by atoms with Crippen molar-refractivity contribution in [2.45, 2.75) is 19.4 Å². The highest BCUT2D eigenvalue weighted by Crippen LogP contribution is 2.30. The number of hydrogen-bond donors (Lipinski definition) is 2. The van der Waals surface area contributed by atoms with E-state index in [0.717, 1.165) is 4.90 Å². The van der Waals surface area contributed by atoms with Crippen LogP contribution in [0.3, 0.4) is 0 Å². The lowest BCUT2D eigenvalue weighted by atomic mass is 9.92. The van der Waals surface area contributed by atoms with E-state index in [1.807, 2.05) is 0 Å². The number of imide groups is 1. The fourth-order valence-corrected chi connectivity index (χ4v) is 3.69. The predicted molar refractivity (Wildman–Crippen MR) is 97.5 cm³/mol. The lowest BCUT2D eigenvalue weighted by Crippen LogP contribution is -2.44. The van der Waals surface area contributed by atoms with E-state index in [2.05, 4.69) is 5.32 Å². The molecule has 0 spiro atoms. The number of nitrogens with one attached hydrogen (secondary N) is 1. The summed E-state index contributed by atoms with van der Waals surface area (Å²) in [5.41, 5.74) is -0.715. The zero-order valence-corrected chi connectivity index (χ0v) is 16.0. The van der Waals surface area contributed by atoms with Crippen molar-refractivity contribution < 1.29 is 29.0 Å². The van der Waals surface area contributed by atoms with Crippen LogP contribution in [0.25, 0.3) is 0 Å². The van der Waals surface area contributed by atoms with Gasteiger partial charge in [0, 0.05) is 13.1 Å². The number of likely N-dealkylation sites (tertiary alicyclic amines) is 1. The first-order chi connectivity index (χ1) is 13.2. The van der Waals surface area contributed by atoms with Crippen molar-refractivity contribution >= 4 is 23.8 Å². The molecule has 0 bridgehead atoms. The monoisotopic (exact) mass is 389 g/mol. The van der Waals surface area contributed by atoms with Crippen molar-refractivity contribution in [1.29, 1.82) is 0 Å². The first-order valence-corrected chi connectivity index (χ1v) is 8.96. The number of nitrogens with zero attached hydrogens (tertiary/aromatic N) is 2. The van der Waals surface area contributed by atoms with Gasteiger partial charge in [0.1, 0.15) is 17.8 Å². The lowest BCUT2D eigenvalue weighted by Gasteiger charge is -2.23. The lowest BCUT2D eigenvalue weighted by molar-refractivity contribution is -0.143. The van der Waals surface area contributed by atoms with E-state index in [0.29, 0.717) is 11.3 Å². The number of ether oxygens (including phenoxy) is 1. The number of rotatable bonds is 5. The standard InChI is InChI=1S/C19H23N3O6/c1-11-8-21(9-14(11)16(24)25)15(23)10-22-17(26)19(2,20-18(22)27)12-4-6-13(28-3)7-5-12/h4-7,11,14H,8-10H2,1-3H3,(H,20,27)(H,24,25)/t11-,14-,19?/m1/s1. The van der Waals surface area contributed by atoms with Crippen molar-refractivity contribution in [1.82, 2.24) is 15.1 Å². The molecule has 2 N–H and O–H groups in total. The topological polar surface area (TPSA) is 116 Å². The van der Waals surface area contributed by atoms with Crippen LogP contribution >= 0.6 is 0 Å². The van der Waals surface area contributed by atoms with Crippen molar-refractivity contribution in [3.63, 3.8) is 0 Å². The van der Waals surface area contributed by atoms with Crippen molar-refractivity contribution in [2.24, 2.45) is 11.8 Å². The van der Waals surface area contributed by atoms with Gasteiger partial charge in [0.2, 0.25) is 5.91 Å². The number of methoxy groups -OCH3 is 1.